The maximum Gasteiger partial charge on any atom is 0.315 e. The van der Waals surface area contributed by atoms with Gasteiger partial charge in [0.25, 0.3) is 0 Å². The van der Waals surface area contributed by atoms with E-state index in [1.807, 2.05) is 20.8 Å². The highest BCUT2D eigenvalue weighted by atomic mass is 19.1. The van der Waals surface area contributed by atoms with E-state index in [1.165, 1.54) is 19.1 Å². The molecule has 0 spiro atoms. The van der Waals surface area contributed by atoms with Crippen LogP contribution in [0.25, 0.3) is 0 Å². The molecule has 1 saturated carbocycles. The fraction of sp³-hybridized carbons (Fsp3) is 0.556. The van der Waals surface area contributed by atoms with Crippen LogP contribution in [0.2, 0.25) is 0 Å². The summed E-state index contributed by atoms with van der Waals surface area (Å²) < 4.78 is 18.5. The van der Waals surface area contributed by atoms with Crippen molar-refractivity contribution in [3.05, 3.63) is 36.4 Å². The molecule has 0 heterocycles. The molecule has 0 aromatic rings. The van der Waals surface area contributed by atoms with Crippen molar-refractivity contribution in [2.75, 3.05) is 0 Å². The second-order valence-corrected chi connectivity index (χ2v) is 6.87. The Labute approximate surface area is 130 Å². The van der Waals surface area contributed by atoms with E-state index in [-0.39, 0.29) is 46.7 Å². The Morgan fingerprint density at radius 2 is 2.14 bits per heavy atom. The maximum atomic E-state index is 13.1. The molecule has 2 aliphatic rings. The van der Waals surface area contributed by atoms with Crippen molar-refractivity contribution in [1.29, 1.82) is 0 Å². The van der Waals surface area contributed by atoms with E-state index in [0.29, 0.717) is 12.2 Å². The van der Waals surface area contributed by atoms with Crippen LogP contribution < -0.4 is 0 Å². The minimum atomic E-state index is -0.377. The summed E-state index contributed by atoms with van der Waals surface area (Å²) in [5.41, 5.74) is -0.308. The van der Waals surface area contributed by atoms with Crippen molar-refractivity contribution in [3.63, 3.8) is 0 Å². The van der Waals surface area contributed by atoms with Crippen LogP contribution in [0.1, 0.15) is 34.1 Å². The molecule has 4 atom stereocenters. The van der Waals surface area contributed by atoms with Crippen molar-refractivity contribution in [2.45, 2.75) is 34.1 Å². The van der Waals surface area contributed by atoms with Crippen LogP contribution in [-0.2, 0) is 14.3 Å². The van der Waals surface area contributed by atoms with Gasteiger partial charge in [0.2, 0.25) is 0 Å². The number of rotatable bonds is 5. The molecule has 0 aromatic carbocycles. The zero-order valence-corrected chi connectivity index (χ0v) is 13.6. The number of hydrogen-bond acceptors (Lipinski definition) is 3. The van der Waals surface area contributed by atoms with E-state index in [9.17, 15) is 14.0 Å². The van der Waals surface area contributed by atoms with Crippen LogP contribution in [0.4, 0.5) is 4.39 Å². The normalized spacial score (nSPS) is 33.4. The lowest BCUT2D eigenvalue weighted by atomic mass is 9.92. The van der Waals surface area contributed by atoms with Crippen LogP contribution in [-0.4, -0.2) is 11.8 Å². The molecule has 2 aliphatic carbocycles. The maximum absolute atomic E-state index is 13.1. The second kappa shape index (κ2) is 5.82. The Morgan fingerprint density at radius 1 is 1.50 bits per heavy atom. The van der Waals surface area contributed by atoms with E-state index < -0.39 is 0 Å². The highest BCUT2D eigenvalue weighted by Gasteiger charge is 2.62. The van der Waals surface area contributed by atoms with Gasteiger partial charge in [0, 0.05) is 17.9 Å². The first-order chi connectivity index (χ1) is 10.2. The van der Waals surface area contributed by atoms with E-state index in [2.05, 4.69) is 6.58 Å². The van der Waals surface area contributed by atoms with Crippen molar-refractivity contribution in [3.8, 4) is 0 Å². The largest absolute Gasteiger partial charge is 0.430 e. The van der Waals surface area contributed by atoms with Gasteiger partial charge in [0.1, 0.15) is 5.76 Å². The molecular weight excluding hydrogens is 283 g/mol. The number of allylic oxidation sites excluding steroid dienone is 5. The molecule has 0 N–H and O–H groups in total. The molecular formula is C18H23FO3. The first-order valence-corrected chi connectivity index (χ1v) is 7.62. The Kier molecular flexibility index (Phi) is 4.41. The van der Waals surface area contributed by atoms with Gasteiger partial charge in [-0.3, -0.25) is 9.59 Å². The second-order valence-electron chi connectivity index (χ2n) is 6.87. The third kappa shape index (κ3) is 2.92. The van der Waals surface area contributed by atoms with E-state index in [4.69, 9.17) is 4.74 Å². The fourth-order valence-electron chi connectivity index (χ4n) is 3.31. The fourth-order valence-corrected chi connectivity index (χ4v) is 3.31. The van der Waals surface area contributed by atoms with Gasteiger partial charge in [0.05, 0.1) is 11.7 Å². The van der Waals surface area contributed by atoms with Crippen molar-refractivity contribution in [1.82, 2.24) is 0 Å². The zero-order valence-electron chi connectivity index (χ0n) is 13.6. The Morgan fingerprint density at radius 3 is 2.68 bits per heavy atom. The lowest BCUT2D eigenvalue weighted by molar-refractivity contribution is -0.142. The summed E-state index contributed by atoms with van der Waals surface area (Å²) in [4.78, 5) is 24.3. The summed E-state index contributed by atoms with van der Waals surface area (Å²) in [6, 6.07) is 0. The van der Waals surface area contributed by atoms with Crippen molar-refractivity contribution in [2.24, 2.45) is 29.1 Å². The van der Waals surface area contributed by atoms with Crippen LogP contribution in [0.15, 0.2) is 36.4 Å². The van der Waals surface area contributed by atoms with Gasteiger partial charge >= 0.3 is 5.97 Å². The summed E-state index contributed by atoms with van der Waals surface area (Å²) in [6.07, 6.45) is 5.16. The minimum Gasteiger partial charge on any atom is -0.430 e. The highest BCUT2D eigenvalue weighted by Crippen LogP contribution is 2.60. The number of carbonyl (C=O) groups excluding carboxylic acids is 2. The van der Waals surface area contributed by atoms with Crippen LogP contribution >= 0.6 is 0 Å². The Bertz CT molecular complexity index is 567. The number of ether oxygens (including phenoxy) is 1. The molecule has 0 bridgehead atoms. The molecule has 22 heavy (non-hydrogen) atoms. The molecule has 2 rings (SSSR count). The van der Waals surface area contributed by atoms with E-state index >= 15 is 0 Å². The lowest BCUT2D eigenvalue weighted by Gasteiger charge is -2.15. The summed E-state index contributed by atoms with van der Waals surface area (Å²) >= 11 is 0. The molecule has 4 heteroatoms. The topological polar surface area (TPSA) is 43.4 Å². The smallest absolute Gasteiger partial charge is 0.315 e. The predicted octanol–water partition coefficient (Wildman–Crippen LogP) is 3.97. The summed E-state index contributed by atoms with van der Waals surface area (Å²) in [5, 5.41) is 0. The zero-order chi connectivity index (χ0) is 16.7. The molecule has 0 amide bonds. The van der Waals surface area contributed by atoms with Crippen molar-refractivity contribution < 1.29 is 18.7 Å². The van der Waals surface area contributed by atoms with Gasteiger partial charge in [-0.15, -0.1) is 6.58 Å². The van der Waals surface area contributed by atoms with Gasteiger partial charge < -0.3 is 4.74 Å². The van der Waals surface area contributed by atoms with Gasteiger partial charge in [-0.25, -0.2) is 4.39 Å². The summed E-state index contributed by atoms with van der Waals surface area (Å²) in [6.45, 7) is 10.7. The molecule has 2 unspecified atom stereocenters. The Balaban J connectivity index is 2.05. The molecule has 3 nitrogen and oxygen atoms in total. The van der Waals surface area contributed by atoms with E-state index in [0.717, 1.165) is 0 Å². The average molecular weight is 306 g/mol. The number of hydrogen-bond donors (Lipinski definition) is 0. The van der Waals surface area contributed by atoms with Gasteiger partial charge in [-0.2, -0.15) is 0 Å². The summed E-state index contributed by atoms with van der Waals surface area (Å²) in [7, 11) is 0. The molecule has 0 aliphatic heterocycles. The third-order valence-corrected chi connectivity index (χ3v) is 4.92. The Hall–Kier alpha value is -1.71. The summed E-state index contributed by atoms with van der Waals surface area (Å²) in [5.74, 6) is -1.11. The van der Waals surface area contributed by atoms with Crippen molar-refractivity contribution >= 4 is 11.8 Å². The molecule has 0 radical (unpaired) electrons. The quantitative estimate of drug-likeness (QED) is 0.570. The van der Waals surface area contributed by atoms with E-state index in [1.54, 1.807) is 6.08 Å². The highest BCUT2D eigenvalue weighted by molar-refractivity contribution is 5.96. The standard InChI is InChI=1S/C18H23FO3/c1-6-7-12-11(3)15(9-14(12)20)22-17(21)16-13(8-10(2)19)18(16,4)5/h6,8-9,11-13,16H,1,7H2,2-5H3/t11?,12?,13-,16+/m1/s1. The average Bonchev–Trinajstić information content (AvgIpc) is 2.83. The lowest BCUT2D eigenvalue weighted by Crippen LogP contribution is -2.17. The van der Waals surface area contributed by atoms with Crippen LogP contribution in [0.5, 0.6) is 0 Å². The number of carbonyl (C=O) groups is 2. The van der Waals surface area contributed by atoms with Crippen LogP contribution in [0, 0.1) is 29.1 Å². The molecule has 1 fully saturated rings. The predicted molar refractivity (Wildman–Crippen MR) is 82.3 cm³/mol. The number of esters is 1. The van der Waals surface area contributed by atoms with Crippen LogP contribution in [0.3, 0.4) is 0 Å². The first kappa shape index (κ1) is 16.7. The van der Waals surface area contributed by atoms with Gasteiger partial charge in [-0.05, 0) is 30.8 Å². The number of ketones is 1. The van der Waals surface area contributed by atoms with Gasteiger partial charge in [0.15, 0.2) is 5.78 Å². The monoisotopic (exact) mass is 306 g/mol. The SMILES string of the molecule is C=CCC1C(=O)C=C(OC(=O)[C@@H]2[C@@H](C=C(C)F)C2(C)C)C1C. The molecule has 0 aromatic heterocycles. The molecule has 120 valence electrons. The molecule has 0 saturated heterocycles. The minimum absolute atomic E-state index is 0.0266. The first-order valence-electron chi connectivity index (χ1n) is 7.62. The third-order valence-electron chi connectivity index (χ3n) is 4.92. The van der Waals surface area contributed by atoms with Gasteiger partial charge in [-0.1, -0.05) is 26.8 Å². The number of halogens is 1.